The molecule has 0 unspecified atom stereocenters. The molecule has 0 aliphatic rings. The van der Waals surface area contributed by atoms with Gasteiger partial charge in [-0.25, -0.2) is 22.2 Å². The van der Waals surface area contributed by atoms with Crippen molar-refractivity contribution in [2.75, 3.05) is 31.1 Å². The average Bonchev–Trinajstić information content (AvgIpc) is 3.54. The summed E-state index contributed by atoms with van der Waals surface area (Å²) in [7, 11) is 0.433. The molecule has 5 rings (SSSR count). The summed E-state index contributed by atoms with van der Waals surface area (Å²) in [6.07, 6.45) is 5.45. The first kappa shape index (κ1) is 26.5. The molecule has 202 valence electrons. The third kappa shape index (κ3) is 5.84. The Labute approximate surface area is 225 Å². The molecule has 0 bridgehead atoms. The van der Waals surface area contributed by atoms with Gasteiger partial charge in [0.2, 0.25) is 10.0 Å². The van der Waals surface area contributed by atoms with Crippen LogP contribution in [0.5, 0.6) is 0 Å². The molecule has 0 fully saturated rings. The van der Waals surface area contributed by atoms with Gasteiger partial charge in [-0.05, 0) is 74.6 Å². The van der Waals surface area contributed by atoms with Crippen molar-refractivity contribution in [2.24, 2.45) is 0 Å². The zero-order chi connectivity index (χ0) is 27.7. The highest BCUT2D eigenvalue weighted by Crippen LogP contribution is 2.32. The van der Waals surface area contributed by atoms with Gasteiger partial charge in [0.25, 0.3) is 0 Å². The minimum atomic E-state index is -3.60. The molecular formula is C28H28F2N6O2S. The molecule has 8 nitrogen and oxygen atoms in total. The van der Waals surface area contributed by atoms with Gasteiger partial charge in [0.05, 0.1) is 35.2 Å². The van der Waals surface area contributed by atoms with E-state index in [0.717, 1.165) is 47.4 Å². The van der Waals surface area contributed by atoms with Crippen LogP contribution in [-0.4, -0.2) is 59.0 Å². The first-order valence-electron chi connectivity index (χ1n) is 12.4. The van der Waals surface area contributed by atoms with Gasteiger partial charge in [-0.2, -0.15) is 5.10 Å². The van der Waals surface area contributed by atoms with Crippen molar-refractivity contribution in [1.82, 2.24) is 24.2 Å². The van der Waals surface area contributed by atoms with Crippen molar-refractivity contribution in [3.8, 4) is 27.9 Å². The van der Waals surface area contributed by atoms with Crippen molar-refractivity contribution in [2.45, 2.75) is 13.5 Å². The van der Waals surface area contributed by atoms with E-state index in [-0.39, 0.29) is 17.0 Å². The monoisotopic (exact) mass is 550 g/mol. The van der Waals surface area contributed by atoms with Crippen LogP contribution in [0.2, 0.25) is 0 Å². The molecule has 0 aliphatic carbocycles. The van der Waals surface area contributed by atoms with Gasteiger partial charge in [-0.15, -0.1) is 0 Å². The highest BCUT2D eigenvalue weighted by Gasteiger charge is 2.15. The minimum Gasteiger partial charge on any atom is -0.308 e. The molecule has 11 heteroatoms. The van der Waals surface area contributed by atoms with Gasteiger partial charge in [0.15, 0.2) is 0 Å². The summed E-state index contributed by atoms with van der Waals surface area (Å²) >= 11 is 0. The number of nitrogens with zero attached hydrogens (tertiary/aromatic N) is 5. The van der Waals surface area contributed by atoms with Crippen molar-refractivity contribution in [3.05, 3.63) is 85.0 Å². The Hall–Kier alpha value is -4.09. The molecule has 0 atom stereocenters. The first-order chi connectivity index (χ1) is 18.6. The van der Waals surface area contributed by atoms with E-state index in [0.29, 0.717) is 11.3 Å². The number of likely N-dealkylation sites (N-methyl/N-ethyl adjacent to an activating group) is 1. The van der Waals surface area contributed by atoms with Crippen LogP contribution in [0.3, 0.4) is 0 Å². The van der Waals surface area contributed by atoms with E-state index in [2.05, 4.69) is 19.7 Å². The molecule has 2 aromatic heterocycles. The smallest absolute Gasteiger partial charge is 0.232 e. The number of imidazole rings is 1. The third-order valence-corrected chi connectivity index (χ3v) is 7.69. The molecular weight excluding hydrogens is 522 g/mol. The number of anilines is 1. The molecule has 0 spiro atoms. The summed E-state index contributed by atoms with van der Waals surface area (Å²) < 4.78 is 59.1. The highest BCUT2D eigenvalue weighted by atomic mass is 32.2. The Morgan fingerprint density at radius 2 is 1.79 bits per heavy atom. The molecule has 0 saturated carbocycles. The molecule has 0 aliphatic heterocycles. The number of hydrogen-bond acceptors (Lipinski definition) is 5. The van der Waals surface area contributed by atoms with E-state index < -0.39 is 21.7 Å². The molecule has 39 heavy (non-hydrogen) atoms. The zero-order valence-electron chi connectivity index (χ0n) is 21.8. The number of aromatic nitrogens is 4. The lowest BCUT2D eigenvalue weighted by molar-refractivity contribution is 0.373. The summed E-state index contributed by atoms with van der Waals surface area (Å²) in [5, 5.41) is 4.45. The summed E-state index contributed by atoms with van der Waals surface area (Å²) in [5.74, 6) is -1.57. The largest absolute Gasteiger partial charge is 0.308 e. The van der Waals surface area contributed by atoms with Crippen LogP contribution in [0.4, 0.5) is 14.5 Å². The normalized spacial score (nSPS) is 11.9. The van der Waals surface area contributed by atoms with Crippen LogP contribution < -0.4 is 4.72 Å². The first-order valence-corrected chi connectivity index (χ1v) is 14.0. The predicted octanol–water partition coefficient (Wildman–Crippen LogP) is 5.16. The zero-order valence-corrected chi connectivity index (χ0v) is 22.6. The summed E-state index contributed by atoms with van der Waals surface area (Å²) in [6.45, 7) is 3.18. The maximum absolute atomic E-state index is 14.7. The van der Waals surface area contributed by atoms with Crippen molar-refractivity contribution in [1.29, 1.82) is 0 Å². The van der Waals surface area contributed by atoms with Crippen LogP contribution >= 0.6 is 0 Å². The fourth-order valence-electron chi connectivity index (χ4n) is 4.28. The van der Waals surface area contributed by atoms with Crippen LogP contribution in [0.25, 0.3) is 39.0 Å². The second-order valence-corrected chi connectivity index (χ2v) is 11.5. The quantitative estimate of drug-likeness (QED) is 0.274. The van der Waals surface area contributed by atoms with Crippen LogP contribution in [0.1, 0.15) is 6.92 Å². The second-order valence-electron chi connectivity index (χ2n) is 9.51. The second kappa shape index (κ2) is 10.6. The van der Waals surface area contributed by atoms with Gasteiger partial charge >= 0.3 is 0 Å². The molecule has 3 aromatic carbocycles. The summed E-state index contributed by atoms with van der Waals surface area (Å²) in [4.78, 5) is 6.66. The molecule has 5 aromatic rings. The average molecular weight is 551 g/mol. The third-order valence-electron chi connectivity index (χ3n) is 6.38. The van der Waals surface area contributed by atoms with E-state index in [1.54, 1.807) is 23.0 Å². The maximum Gasteiger partial charge on any atom is 0.232 e. The fourth-order valence-corrected chi connectivity index (χ4v) is 4.90. The molecule has 0 saturated heterocycles. The standard InChI is InChI=1S/C28H28F2N6O2S/c1-4-39(37,38)33-23-11-20(25-7-6-22(29)14-26(25)30)12-24(15-23)36-18-31-27-13-19(5-8-28(27)36)21-16-32-35(17-21)10-9-34(2)3/h5-8,11-18,33H,4,9-10H2,1-3H3. The minimum absolute atomic E-state index is 0.125. The van der Waals surface area contributed by atoms with E-state index in [9.17, 15) is 17.2 Å². The van der Waals surface area contributed by atoms with Crippen molar-refractivity contribution >= 4 is 26.7 Å². The van der Waals surface area contributed by atoms with Gasteiger partial charge in [-0.1, -0.05) is 6.07 Å². The molecule has 0 radical (unpaired) electrons. The number of rotatable bonds is 9. The predicted molar refractivity (Wildman–Crippen MR) is 149 cm³/mol. The van der Waals surface area contributed by atoms with Gasteiger partial charge in [0.1, 0.15) is 18.0 Å². The Morgan fingerprint density at radius 3 is 2.54 bits per heavy atom. The lowest BCUT2D eigenvalue weighted by Gasteiger charge is -2.14. The van der Waals surface area contributed by atoms with E-state index >= 15 is 0 Å². The Morgan fingerprint density at radius 1 is 0.974 bits per heavy atom. The molecule has 0 amide bonds. The number of hydrogen-bond donors (Lipinski definition) is 1. The number of nitrogens with one attached hydrogen (secondary N) is 1. The fraction of sp³-hybridized carbons (Fsp3) is 0.214. The summed E-state index contributed by atoms with van der Waals surface area (Å²) in [6, 6.07) is 14.0. The van der Waals surface area contributed by atoms with Crippen LogP contribution in [0.15, 0.2) is 73.3 Å². The van der Waals surface area contributed by atoms with Crippen molar-refractivity contribution < 1.29 is 17.2 Å². The lowest BCUT2D eigenvalue weighted by Crippen LogP contribution is -2.18. The molecule has 1 N–H and O–H groups in total. The number of sulfonamides is 1. The topological polar surface area (TPSA) is 85.0 Å². The SMILES string of the molecule is CCS(=O)(=O)Nc1cc(-c2ccc(F)cc2F)cc(-n2cnc3cc(-c4cnn(CCN(C)C)c4)ccc32)c1. The highest BCUT2D eigenvalue weighted by molar-refractivity contribution is 7.92. The van der Waals surface area contributed by atoms with E-state index in [4.69, 9.17) is 0 Å². The number of benzene rings is 3. The Bertz CT molecular complexity index is 1760. The van der Waals surface area contributed by atoms with Gasteiger partial charge < -0.3 is 4.90 Å². The van der Waals surface area contributed by atoms with Crippen LogP contribution in [0, 0.1) is 11.6 Å². The number of fused-ring (bicyclic) bond motifs is 1. The lowest BCUT2D eigenvalue weighted by atomic mass is 10.0. The van der Waals surface area contributed by atoms with E-state index in [1.165, 1.54) is 19.1 Å². The van der Waals surface area contributed by atoms with Crippen molar-refractivity contribution in [3.63, 3.8) is 0 Å². The summed E-state index contributed by atoms with van der Waals surface area (Å²) in [5.41, 5.74) is 4.80. The maximum atomic E-state index is 14.7. The van der Waals surface area contributed by atoms with Gasteiger partial charge in [-0.3, -0.25) is 14.0 Å². The van der Waals surface area contributed by atoms with Crippen LogP contribution in [-0.2, 0) is 16.6 Å². The van der Waals surface area contributed by atoms with Gasteiger partial charge in [0, 0.05) is 35.6 Å². The van der Waals surface area contributed by atoms with E-state index in [1.807, 2.05) is 49.4 Å². The number of halogens is 2. The molecule has 2 heterocycles. The Kier molecular flexibility index (Phi) is 7.19. The Balaban J connectivity index is 1.55.